The Bertz CT molecular complexity index is 769. The fourth-order valence-electron chi connectivity index (χ4n) is 2.01. The summed E-state index contributed by atoms with van der Waals surface area (Å²) < 4.78 is 5.41. The highest BCUT2D eigenvalue weighted by Crippen LogP contribution is 2.23. The molecule has 0 heterocycles. The van der Waals surface area contributed by atoms with Crippen LogP contribution in [0.3, 0.4) is 0 Å². The summed E-state index contributed by atoms with van der Waals surface area (Å²) >= 11 is 11.7. The lowest BCUT2D eigenvalue weighted by Crippen LogP contribution is -2.44. The van der Waals surface area contributed by atoms with Gasteiger partial charge in [0.15, 0.2) is 0 Å². The van der Waals surface area contributed by atoms with Crippen LogP contribution in [0.2, 0.25) is 10.0 Å². The van der Waals surface area contributed by atoms with Gasteiger partial charge in [-0.15, -0.1) is 0 Å². The van der Waals surface area contributed by atoms with E-state index >= 15 is 0 Å². The predicted octanol–water partition coefficient (Wildman–Crippen LogP) is 3.79. The summed E-state index contributed by atoms with van der Waals surface area (Å²) in [7, 11) is 0. The molecule has 8 heteroatoms. The maximum atomic E-state index is 11.9. The summed E-state index contributed by atoms with van der Waals surface area (Å²) in [6.45, 7) is 2.32. The monoisotopic (exact) mass is 381 g/mol. The number of halogens is 2. The molecular weight excluding hydrogens is 365 g/mol. The Morgan fingerprint density at radius 3 is 2.52 bits per heavy atom. The third-order valence-electron chi connectivity index (χ3n) is 3.10. The first kappa shape index (κ1) is 18.9. The lowest BCUT2D eigenvalue weighted by atomic mass is 10.1. The second-order valence-corrected chi connectivity index (χ2v) is 5.80. The van der Waals surface area contributed by atoms with Gasteiger partial charge in [0.05, 0.1) is 28.8 Å². The Morgan fingerprint density at radius 1 is 1.04 bits per heavy atom. The van der Waals surface area contributed by atoms with Crippen LogP contribution in [0.25, 0.3) is 0 Å². The molecule has 0 aromatic heterocycles. The molecule has 2 aromatic rings. The normalized spacial score (nSPS) is 10.0. The zero-order valence-corrected chi connectivity index (χ0v) is 14.9. The predicted molar refractivity (Wildman–Crippen MR) is 98.1 cm³/mol. The Labute approximate surface area is 155 Å². The molecule has 0 aliphatic rings. The molecule has 0 aliphatic heterocycles. The van der Waals surface area contributed by atoms with Crippen molar-refractivity contribution in [1.29, 1.82) is 0 Å². The lowest BCUT2D eigenvalue weighted by Gasteiger charge is -2.12. The second-order valence-electron chi connectivity index (χ2n) is 4.98. The Balaban J connectivity index is 1.85. The van der Waals surface area contributed by atoms with Gasteiger partial charge in [-0.25, -0.2) is 10.2 Å². The van der Waals surface area contributed by atoms with Gasteiger partial charge in [-0.05, 0) is 36.8 Å². The number of hydrazine groups is 1. The Hall–Kier alpha value is -2.44. The molecular formula is C17H17Cl2N3O3. The molecule has 25 heavy (non-hydrogen) atoms. The molecule has 0 saturated carbocycles. The second kappa shape index (κ2) is 9.15. The van der Waals surface area contributed by atoms with Crippen molar-refractivity contribution in [1.82, 2.24) is 10.9 Å². The quantitative estimate of drug-likeness (QED) is 0.689. The van der Waals surface area contributed by atoms with Crippen LogP contribution in [-0.4, -0.2) is 18.5 Å². The average molecular weight is 382 g/mol. The number of rotatable bonds is 5. The molecule has 132 valence electrons. The van der Waals surface area contributed by atoms with Crippen molar-refractivity contribution in [2.45, 2.75) is 13.3 Å². The molecule has 6 nitrogen and oxygen atoms in total. The minimum absolute atomic E-state index is 0.0483. The molecule has 0 unspecified atom stereocenters. The van der Waals surface area contributed by atoms with Crippen LogP contribution < -0.4 is 20.9 Å². The SMILES string of the molecule is CCOc1ccccc1NC(=O)NNC(=O)Cc1ccc(Cl)c(Cl)c1. The molecule has 0 atom stereocenters. The van der Waals surface area contributed by atoms with Gasteiger partial charge in [-0.2, -0.15) is 0 Å². The zero-order valence-electron chi connectivity index (χ0n) is 13.4. The number of ether oxygens (including phenoxy) is 1. The van der Waals surface area contributed by atoms with Crippen molar-refractivity contribution in [3.05, 3.63) is 58.1 Å². The Morgan fingerprint density at radius 2 is 1.80 bits per heavy atom. The van der Waals surface area contributed by atoms with E-state index in [0.29, 0.717) is 33.7 Å². The van der Waals surface area contributed by atoms with Crippen LogP contribution in [0.4, 0.5) is 10.5 Å². The Kier molecular flexibility index (Phi) is 6.91. The topological polar surface area (TPSA) is 79.5 Å². The third kappa shape index (κ3) is 5.85. The van der Waals surface area contributed by atoms with E-state index in [0.717, 1.165) is 0 Å². The number of hydrogen-bond donors (Lipinski definition) is 3. The van der Waals surface area contributed by atoms with Crippen LogP contribution in [0.5, 0.6) is 5.75 Å². The number of hydrogen-bond acceptors (Lipinski definition) is 3. The largest absolute Gasteiger partial charge is 0.492 e. The first-order valence-corrected chi connectivity index (χ1v) is 8.26. The highest BCUT2D eigenvalue weighted by atomic mass is 35.5. The van der Waals surface area contributed by atoms with Crippen molar-refractivity contribution in [2.24, 2.45) is 0 Å². The van der Waals surface area contributed by atoms with Gasteiger partial charge in [-0.1, -0.05) is 41.4 Å². The summed E-state index contributed by atoms with van der Waals surface area (Å²) in [5, 5.41) is 3.38. The van der Waals surface area contributed by atoms with Crippen LogP contribution in [0.15, 0.2) is 42.5 Å². The summed E-state index contributed by atoms with van der Waals surface area (Å²) in [4.78, 5) is 23.8. The van der Waals surface area contributed by atoms with E-state index in [2.05, 4.69) is 16.2 Å². The first-order valence-electron chi connectivity index (χ1n) is 7.51. The van der Waals surface area contributed by atoms with E-state index in [1.54, 1.807) is 42.5 Å². The van der Waals surface area contributed by atoms with Crippen molar-refractivity contribution in [3.8, 4) is 5.75 Å². The maximum absolute atomic E-state index is 11.9. The number of anilines is 1. The van der Waals surface area contributed by atoms with Gasteiger partial charge in [0.1, 0.15) is 5.75 Å². The van der Waals surface area contributed by atoms with Crippen LogP contribution >= 0.6 is 23.2 Å². The molecule has 0 spiro atoms. The van der Waals surface area contributed by atoms with Gasteiger partial charge in [-0.3, -0.25) is 10.2 Å². The van der Waals surface area contributed by atoms with E-state index in [1.807, 2.05) is 6.92 Å². The van der Waals surface area contributed by atoms with Gasteiger partial charge in [0.25, 0.3) is 0 Å². The molecule has 2 rings (SSSR count). The highest BCUT2D eigenvalue weighted by Gasteiger charge is 2.09. The summed E-state index contributed by atoms with van der Waals surface area (Å²) in [5.41, 5.74) is 5.78. The minimum Gasteiger partial charge on any atom is -0.492 e. The maximum Gasteiger partial charge on any atom is 0.338 e. The van der Waals surface area contributed by atoms with Crippen molar-refractivity contribution in [2.75, 3.05) is 11.9 Å². The molecule has 2 aromatic carbocycles. The van der Waals surface area contributed by atoms with E-state index in [-0.39, 0.29) is 6.42 Å². The van der Waals surface area contributed by atoms with Crippen LogP contribution in [-0.2, 0) is 11.2 Å². The molecule has 3 N–H and O–H groups in total. The number of para-hydroxylation sites is 2. The summed E-state index contributed by atoms with van der Waals surface area (Å²) in [6.07, 6.45) is 0.0483. The van der Waals surface area contributed by atoms with E-state index in [9.17, 15) is 9.59 Å². The van der Waals surface area contributed by atoms with Crippen LogP contribution in [0, 0.1) is 0 Å². The number of nitrogens with one attached hydrogen (secondary N) is 3. The van der Waals surface area contributed by atoms with Crippen molar-refractivity contribution in [3.63, 3.8) is 0 Å². The van der Waals surface area contributed by atoms with Crippen molar-refractivity contribution >= 4 is 40.8 Å². The number of benzene rings is 2. The highest BCUT2D eigenvalue weighted by molar-refractivity contribution is 6.42. The number of amides is 3. The minimum atomic E-state index is -0.588. The van der Waals surface area contributed by atoms with E-state index < -0.39 is 11.9 Å². The molecule has 0 radical (unpaired) electrons. The molecule has 3 amide bonds. The average Bonchev–Trinajstić information content (AvgIpc) is 2.58. The van der Waals surface area contributed by atoms with E-state index in [1.165, 1.54) is 0 Å². The van der Waals surface area contributed by atoms with Crippen molar-refractivity contribution < 1.29 is 14.3 Å². The molecule has 0 fully saturated rings. The number of carbonyl (C=O) groups excluding carboxylic acids is 2. The van der Waals surface area contributed by atoms with Gasteiger partial charge >= 0.3 is 6.03 Å². The molecule has 0 bridgehead atoms. The fraction of sp³-hybridized carbons (Fsp3) is 0.176. The van der Waals surface area contributed by atoms with E-state index in [4.69, 9.17) is 27.9 Å². The van der Waals surface area contributed by atoms with Crippen LogP contribution in [0.1, 0.15) is 12.5 Å². The standard InChI is InChI=1S/C17H17Cl2N3O3/c1-2-25-15-6-4-3-5-14(15)20-17(24)22-21-16(23)10-11-7-8-12(18)13(19)9-11/h3-9H,2,10H2,1H3,(H,21,23)(H2,20,22,24). The number of carbonyl (C=O) groups is 2. The molecule has 0 aliphatic carbocycles. The summed E-state index contributed by atoms with van der Waals surface area (Å²) in [6, 6.07) is 11.3. The zero-order chi connectivity index (χ0) is 18.2. The third-order valence-corrected chi connectivity index (χ3v) is 3.84. The van der Waals surface area contributed by atoms with Gasteiger partial charge in [0, 0.05) is 0 Å². The first-order chi connectivity index (χ1) is 12.0. The van der Waals surface area contributed by atoms with Gasteiger partial charge in [0.2, 0.25) is 5.91 Å². The summed E-state index contributed by atoms with van der Waals surface area (Å²) in [5.74, 6) is 0.147. The lowest BCUT2D eigenvalue weighted by molar-refractivity contribution is -0.121. The molecule has 0 saturated heterocycles. The fourth-order valence-corrected chi connectivity index (χ4v) is 2.33. The smallest absolute Gasteiger partial charge is 0.338 e. The van der Waals surface area contributed by atoms with Gasteiger partial charge < -0.3 is 10.1 Å². The number of urea groups is 1.